The molecule has 0 heterocycles. The van der Waals surface area contributed by atoms with Crippen LogP contribution in [0.25, 0.3) is 0 Å². The second-order valence-corrected chi connectivity index (χ2v) is 6.13. The van der Waals surface area contributed by atoms with Crippen molar-refractivity contribution in [1.29, 1.82) is 0 Å². The zero-order valence-corrected chi connectivity index (χ0v) is 13.9. The molecule has 2 rings (SSSR count). The van der Waals surface area contributed by atoms with Gasteiger partial charge in [0.25, 0.3) is 0 Å². The van der Waals surface area contributed by atoms with E-state index < -0.39 is 0 Å². The van der Waals surface area contributed by atoms with Crippen molar-refractivity contribution in [2.45, 2.75) is 20.3 Å². The second-order valence-electron chi connectivity index (χ2n) is 5.22. The van der Waals surface area contributed by atoms with Crippen LogP contribution in [0.4, 0.5) is 11.4 Å². The Labute approximate surface area is 129 Å². The summed E-state index contributed by atoms with van der Waals surface area (Å²) in [5.41, 5.74) is 12.0. The van der Waals surface area contributed by atoms with Gasteiger partial charge in [-0.25, -0.2) is 0 Å². The van der Waals surface area contributed by atoms with E-state index in [2.05, 4.69) is 78.1 Å². The van der Waals surface area contributed by atoms with Crippen LogP contribution < -0.4 is 10.6 Å². The van der Waals surface area contributed by atoms with E-state index in [1.165, 1.54) is 28.1 Å². The second kappa shape index (κ2) is 6.42. The Bertz CT molecular complexity index is 588. The van der Waals surface area contributed by atoms with Gasteiger partial charge in [0.05, 0.1) is 0 Å². The van der Waals surface area contributed by atoms with Crippen molar-refractivity contribution < 1.29 is 0 Å². The minimum absolute atomic E-state index is 0.662. The molecule has 0 fully saturated rings. The summed E-state index contributed by atoms with van der Waals surface area (Å²) in [6.45, 7) is 4.92. The molecule has 0 unspecified atom stereocenters. The molecule has 2 N–H and O–H groups in total. The molecule has 0 aromatic heterocycles. The predicted octanol–water partition coefficient (Wildman–Crippen LogP) is 4.34. The van der Waals surface area contributed by atoms with E-state index >= 15 is 0 Å². The van der Waals surface area contributed by atoms with Crippen LogP contribution in [0.3, 0.4) is 0 Å². The van der Waals surface area contributed by atoms with Gasteiger partial charge in [0.2, 0.25) is 0 Å². The van der Waals surface area contributed by atoms with E-state index in [4.69, 9.17) is 5.73 Å². The lowest BCUT2D eigenvalue weighted by molar-refractivity contribution is 0.960. The molecule has 0 aliphatic heterocycles. The van der Waals surface area contributed by atoms with Gasteiger partial charge in [0.1, 0.15) is 0 Å². The highest BCUT2D eigenvalue weighted by atomic mass is 79.9. The van der Waals surface area contributed by atoms with Gasteiger partial charge in [-0.1, -0.05) is 28.1 Å². The topological polar surface area (TPSA) is 29.3 Å². The third-order valence-electron chi connectivity index (χ3n) is 3.42. The lowest BCUT2D eigenvalue weighted by Gasteiger charge is -2.24. The first-order chi connectivity index (χ1) is 9.51. The maximum atomic E-state index is 5.72. The molecule has 106 valence electrons. The Kier molecular flexibility index (Phi) is 4.84. The third-order valence-corrected chi connectivity index (χ3v) is 3.91. The monoisotopic (exact) mass is 332 g/mol. The molecular weight excluding hydrogens is 312 g/mol. The van der Waals surface area contributed by atoms with Crippen LogP contribution >= 0.6 is 15.9 Å². The van der Waals surface area contributed by atoms with Crippen LogP contribution in [0, 0.1) is 13.8 Å². The molecule has 0 saturated carbocycles. The lowest BCUT2D eigenvalue weighted by Crippen LogP contribution is -2.14. The van der Waals surface area contributed by atoms with Crippen LogP contribution in [0.1, 0.15) is 16.7 Å². The van der Waals surface area contributed by atoms with Gasteiger partial charge in [-0.05, 0) is 67.8 Å². The van der Waals surface area contributed by atoms with Gasteiger partial charge in [0, 0.05) is 22.9 Å². The molecular formula is C17H21BrN2. The minimum atomic E-state index is 0.662. The van der Waals surface area contributed by atoms with Gasteiger partial charge in [-0.3, -0.25) is 0 Å². The number of aryl methyl sites for hydroxylation is 2. The van der Waals surface area contributed by atoms with E-state index in [9.17, 15) is 0 Å². The summed E-state index contributed by atoms with van der Waals surface area (Å²) in [6.07, 6.45) is 0.887. The summed E-state index contributed by atoms with van der Waals surface area (Å²) < 4.78 is 1.09. The van der Waals surface area contributed by atoms with Crippen molar-refractivity contribution in [3.63, 3.8) is 0 Å². The molecule has 0 bridgehead atoms. The molecule has 0 spiro atoms. The summed E-state index contributed by atoms with van der Waals surface area (Å²) in [6, 6.07) is 13.0. The molecule has 2 aromatic rings. The smallest absolute Gasteiger partial charge is 0.0452 e. The van der Waals surface area contributed by atoms with Gasteiger partial charge in [-0.15, -0.1) is 0 Å². The Morgan fingerprint density at radius 2 is 1.70 bits per heavy atom. The van der Waals surface area contributed by atoms with Crippen molar-refractivity contribution in [1.82, 2.24) is 0 Å². The third kappa shape index (κ3) is 3.41. The fourth-order valence-electron chi connectivity index (χ4n) is 2.50. The van der Waals surface area contributed by atoms with Crippen LogP contribution in [0.2, 0.25) is 0 Å². The zero-order valence-electron chi connectivity index (χ0n) is 12.3. The van der Waals surface area contributed by atoms with Crippen LogP contribution in [0.5, 0.6) is 0 Å². The first kappa shape index (κ1) is 15.1. The average Bonchev–Trinajstić information content (AvgIpc) is 2.39. The number of anilines is 2. The molecule has 20 heavy (non-hydrogen) atoms. The van der Waals surface area contributed by atoms with Crippen molar-refractivity contribution in [2.75, 3.05) is 18.5 Å². The van der Waals surface area contributed by atoms with Gasteiger partial charge < -0.3 is 10.6 Å². The number of nitrogens with zero attached hydrogens (tertiary/aromatic N) is 1. The number of halogens is 1. The summed E-state index contributed by atoms with van der Waals surface area (Å²) >= 11 is 3.56. The lowest BCUT2D eigenvalue weighted by atomic mass is 10.1. The van der Waals surface area contributed by atoms with Gasteiger partial charge in [-0.2, -0.15) is 0 Å². The molecule has 0 atom stereocenters. The molecule has 0 saturated heterocycles. The Morgan fingerprint density at radius 1 is 1.05 bits per heavy atom. The van der Waals surface area contributed by atoms with Crippen LogP contribution in [-0.4, -0.2) is 13.6 Å². The molecule has 0 aliphatic rings. The molecule has 2 nitrogen and oxygen atoms in total. The first-order valence-electron chi connectivity index (χ1n) is 6.82. The van der Waals surface area contributed by atoms with Crippen LogP contribution in [-0.2, 0) is 6.42 Å². The van der Waals surface area contributed by atoms with Crippen LogP contribution in [0.15, 0.2) is 40.9 Å². The van der Waals surface area contributed by atoms with Gasteiger partial charge in [0.15, 0.2) is 0 Å². The number of nitrogens with two attached hydrogens (primary N) is 1. The fourth-order valence-corrected chi connectivity index (χ4v) is 2.85. The number of rotatable bonds is 4. The molecule has 0 amide bonds. The van der Waals surface area contributed by atoms with Crippen molar-refractivity contribution >= 4 is 27.3 Å². The summed E-state index contributed by atoms with van der Waals surface area (Å²) in [5, 5.41) is 0. The number of benzene rings is 2. The van der Waals surface area contributed by atoms with Crippen molar-refractivity contribution in [3.8, 4) is 0 Å². The highest BCUT2D eigenvalue weighted by molar-refractivity contribution is 9.10. The van der Waals surface area contributed by atoms with Gasteiger partial charge >= 0.3 is 0 Å². The maximum absolute atomic E-state index is 5.72. The van der Waals surface area contributed by atoms with E-state index in [-0.39, 0.29) is 0 Å². The van der Waals surface area contributed by atoms with Crippen molar-refractivity contribution in [3.05, 3.63) is 57.6 Å². The first-order valence-corrected chi connectivity index (χ1v) is 7.61. The number of hydrogen-bond donors (Lipinski definition) is 1. The van der Waals surface area contributed by atoms with E-state index in [0.29, 0.717) is 6.54 Å². The van der Waals surface area contributed by atoms with Crippen molar-refractivity contribution in [2.24, 2.45) is 5.73 Å². The van der Waals surface area contributed by atoms with E-state index in [0.717, 1.165) is 10.9 Å². The Balaban J connectivity index is 2.46. The summed E-state index contributed by atoms with van der Waals surface area (Å²) in [5.74, 6) is 0. The Hall–Kier alpha value is -1.32. The summed E-state index contributed by atoms with van der Waals surface area (Å²) in [7, 11) is 2.11. The maximum Gasteiger partial charge on any atom is 0.0452 e. The van der Waals surface area contributed by atoms with E-state index in [1.54, 1.807) is 0 Å². The SMILES string of the molecule is Cc1cc(C)cc(N(C)c2cc(Br)ccc2CCN)c1. The summed E-state index contributed by atoms with van der Waals surface area (Å²) in [4.78, 5) is 2.23. The van der Waals surface area contributed by atoms with E-state index in [1.807, 2.05) is 0 Å². The molecule has 0 radical (unpaired) electrons. The number of hydrogen-bond acceptors (Lipinski definition) is 2. The molecule has 0 aliphatic carbocycles. The predicted molar refractivity (Wildman–Crippen MR) is 90.9 cm³/mol. The molecule has 2 aromatic carbocycles. The standard InChI is InChI=1S/C17H21BrN2/c1-12-8-13(2)10-16(9-12)20(3)17-11-15(18)5-4-14(17)6-7-19/h4-5,8-11H,6-7,19H2,1-3H3. The minimum Gasteiger partial charge on any atom is -0.344 e. The largest absolute Gasteiger partial charge is 0.344 e. The quantitative estimate of drug-likeness (QED) is 0.902. The average molecular weight is 333 g/mol. The zero-order chi connectivity index (χ0) is 14.7. The molecule has 3 heteroatoms. The normalized spacial score (nSPS) is 10.7. The fraction of sp³-hybridized carbons (Fsp3) is 0.294. The Morgan fingerprint density at radius 3 is 2.30 bits per heavy atom. The highest BCUT2D eigenvalue weighted by Crippen LogP contribution is 2.31. The highest BCUT2D eigenvalue weighted by Gasteiger charge is 2.10.